The highest BCUT2D eigenvalue weighted by Crippen LogP contribution is 2.31. The SMILES string of the molecule is CCC(Nc1ccc(Br)cc1[N+](=O)[O-])c1noc(C)n1. The minimum atomic E-state index is -0.429. The van der Waals surface area contributed by atoms with Crippen LogP contribution in [0.5, 0.6) is 0 Å². The molecule has 0 radical (unpaired) electrons. The molecule has 1 atom stereocenters. The molecule has 0 saturated heterocycles. The lowest BCUT2D eigenvalue weighted by Gasteiger charge is -2.14. The number of halogens is 1. The summed E-state index contributed by atoms with van der Waals surface area (Å²) < 4.78 is 5.59. The monoisotopic (exact) mass is 340 g/mol. The molecular weight excluding hydrogens is 328 g/mol. The number of benzene rings is 1. The van der Waals surface area contributed by atoms with Crippen molar-refractivity contribution in [1.29, 1.82) is 0 Å². The maximum absolute atomic E-state index is 11.1. The number of anilines is 1. The van der Waals surface area contributed by atoms with Gasteiger partial charge in [-0.05, 0) is 18.6 Å². The lowest BCUT2D eigenvalue weighted by atomic mass is 10.2. The van der Waals surface area contributed by atoms with Crippen molar-refractivity contribution in [2.24, 2.45) is 0 Å². The third kappa shape index (κ3) is 3.13. The van der Waals surface area contributed by atoms with Crippen molar-refractivity contribution in [1.82, 2.24) is 10.1 Å². The molecule has 106 valence electrons. The third-order valence-corrected chi connectivity index (χ3v) is 3.24. The van der Waals surface area contributed by atoms with Crippen molar-refractivity contribution in [3.63, 3.8) is 0 Å². The van der Waals surface area contributed by atoms with Crippen molar-refractivity contribution in [2.45, 2.75) is 26.3 Å². The molecular formula is C12H13BrN4O3. The molecule has 0 aliphatic heterocycles. The third-order valence-electron chi connectivity index (χ3n) is 2.75. The van der Waals surface area contributed by atoms with Crippen molar-refractivity contribution >= 4 is 27.3 Å². The Morgan fingerprint density at radius 2 is 2.30 bits per heavy atom. The maximum Gasteiger partial charge on any atom is 0.293 e. The quantitative estimate of drug-likeness (QED) is 0.659. The highest BCUT2D eigenvalue weighted by atomic mass is 79.9. The van der Waals surface area contributed by atoms with Gasteiger partial charge in [-0.3, -0.25) is 10.1 Å². The molecule has 2 aromatic rings. The van der Waals surface area contributed by atoms with Gasteiger partial charge in [0.15, 0.2) is 5.82 Å². The molecule has 1 heterocycles. The summed E-state index contributed by atoms with van der Waals surface area (Å²) >= 11 is 3.22. The molecule has 0 saturated carbocycles. The smallest absolute Gasteiger partial charge is 0.293 e. The van der Waals surface area contributed by atoms with Gasteiger partial charge in [0.1, 0.15) is 5.69 Å². The minimum Gasteiger partial charge on any atom is -0.369 e. The Kier molecular flexibility index (Phi) is 4.33. The second kappa shape index (κ2) is 6.00. The first-order valence-corrected chi connectivity index (χ1v) is 6.81. The molecule has 1 aromatic carbocycles. The van der Waals surface area contributed by atoms with Gasteiger partial charge in [0, 0.05) is 17.5 Å². The van der Waals surface area contributed by atoms with E-state index in [-0.39, 0.29) is 11.7 Å². The van der Waals surface area contributed by atoms with E-state index in [1.165, 1.54) is 6.07 Å². The lowest BCUT2D eigenvalue weighted by molar-refractivity contribution is -0.384. The molecule has 0 amide bonds. The van der Waals surface area contributed by atoms with Crippen LogP contribution in [0.1, 0.15) is 31.1 Å². The van der Waals surface area contributed by atoms with Crippen LogP contribution in [0.15, 0.2) is 27.2 Å². The topological polar surface area (TPSA) is 94.1 Å². The summed E-state index contributed by atoms with van der Waals surface area (Å²) in [6.45, 7) is 3.64. The summed E-state index contributed by atoms with van der Waals surface area (Å²) in [5.74, 6) is 0.952. The number of aromatic nitrogens is 2. The van der Waals surface area contributed by atoms with Gasteiger partial charge in [-0.2, -0.15) is 4.98 Å². The Bertz CT molecular complexity index is 629. The highest BCUT2D eigenvalue weighted by Gasteiger charge is 2.20. The van der Waals surface area contributed by atoms with Crippen LogP contribution in [0.3, 0.4) is 0 Å². The van der Waals surface area contributed by atoms with E-state index < -0.39 is 4.92 Å². The van der Waals surface area contributed by atoms with E-state index in [1.807, 2.05) is 6.92 Å². The van der Waals surface area contributed by atoms with Gasteiger partial charge in [-0.25, -0.2) is 0 Å². The van der Waals surface area contributed by atoms with E-state index in [2.05, 4.69) is 31.4 Å². The summed E-state index contributed by atoms with van der Waals surface area (Å²) in [6, 6.07) is 4.60. The summed E-state index contributed by atoms with van der Waals surface area (Å²) in [7, 11) is 0. The zero-order chi connectivity index (χ0) is 14.7. The van der Waals surface area contributed by atoms with Crippen molar-refractivity contribution in [2.75, 3.05) is 5.32 Å². The Labute approximate surface area is 123 Å². The number of nitro groups is 1. The second-order valence-corrected chi connectivity index (χ2v) is 5.11. The fourth-order valence-electron chi connectivity index (χ4n) is 1.77. The number of hydrogen-bond acceptors (Lipinski definition) is 6. The van der Waals surface area contributed by atoms with Crippen molar-refractivity contribution in [3.8, 4) is 0 Å². The largest absolute Gasteiger partial charge is 0.369 e. The Morgan fingerprint density at radius 1 is 1.55 bits per heavy atom. The molecule has 1 N–H and O–H groups in total. The standard InChI is InChI=1S/C12H13BrN4O3/c1-3-9(12-14-7(2)20-16-12)15-10-5-4-8(13)6-11(10)17(18)19/h4-6,9,15H,3H2,1-2H3. The van der Waals surface area contributed by atoms with Crippen LogP contribution in [-0.4, -0.2) is 15.1 Å². The summed E-state index contributed by atoms with van der Waals surface area (Å²) in [4.78, 5) is 14.8. The van der Waals surface area contributed by atoms with Gasteiger partial charge in [0.25, 0.3) is 5.69 Å². The van der Waals surface area contributed by atoms with Crippen LogP contribution in [0, 0.1) is 17.0 Å². The molecule has 20 heavy (non-hydrogen) atoms. The molecule has 2 rings (SSSR count). The normalized spacial score (nSPS) is 12.2. The van der Waals surface area contributed by atoms with Crippen LogP contribution in [0.2, 0.25) is 0 Å². The van der Waals surface area contributed by atoms with Gasteiger partial charge < -0.3 is 9.84 Å². The van der Waals surface area contributed by atoms with E-state index in [1.54, 1.807) is 19.1 Å². The van der Waals surface area contributed by atoms with Crippen molar-refractivity contribution < 1.29 is 9.45 Å². The lowest BCUT2D eigenvalue weighted by Crippen LogP contribution is -2.12. The molecule has 7 nitrogen and oxygen atoms in total. The van der Waals surface area contributed by atoms with E-state index in [0.717, 1.165) is 0 Å². The summed E-state index contributed by atoms with van der Waals surface area (Å²) in [5.41, 5.74) is 0.422. The second-order valence-electron chi connectivity index (χ2n) is 4.20. The zero-order valence-electron chi connectivity index (χ0n) is 11.0. The molecule has 0 spiro atoms. The Morgan fingerprint density at radius 3 is 2.85 bits per heavy atom. The van der Waals surface area contributed by atoms with E-state index in [9.17, 15) is 10.1 Å². The fraction of sp³-hybridized carbons (Fsp3) is 0.333. The Balaban J connectivity index is 2.30. The number of hydrogen-bond donors (Lipinski definition) is 1. The predicted octanol–water partition coefficient (Wildman–Crippen LogP) is 3.61. The fourth-order valence-corrected chi connectivity index (χ4v) is 2.12. The van der Waals surface area contributed by atoms with Crippen LogP contribution in [-0.2, 0) is 0 Å². The summed E-state index contributed by atoms with van der Waals surface area (Å²) in [6.07, 6.45) is 0.673. The van der Waals surface area contributed by atoms with Crippen LogP contribution < -0.4 is 5.32 Å². The first-order valence-electron chi connectivity index (χ1n) is 6.02. The van der Waals surface area contributed by atoms with E-state index in [0.29, 0.717) is 28.3 Å². The number of rotatable bonds is 5. The van der Waals surface area contributed by atoms with Crippen molar-refractivity contribution in [3.05, 3.63) is 44.5 Å². The number of nitrogens with one attached hydrogen (secondary N) is 1. The summed E-state index contributed by atoms with van der Waals surface area (Å²) in [5, 5.41) is 18.0. The zero-order valence-corrected chi connectivity index (χ0v) is 12.5. The van der Waals surface area contributed by atoms with E-state index >= 15 is 0 Å². The first kappa shape index (κ1) is 14.4. The van der Waals surface area contributed by atoms with Crippen LogP contribution >= 0.6 is 15.9 Å². The van der Waals surface area contributed by atoms with Gasteiger partial charge in [-0.1, -0.05) is 28.0 Å². The molecule has 0 bridgehead atoms. The molecule has 0 aliphatic rings. The first-order chi connectivity index (χ1) is 9.51. The minimum absolute atomic E-state index is 0.00181. The maximum atomic E-state index is 11.1. The predicted molar refractivity (Wildman–Crippen MR) is 76.5 cm³/mol. The van der Waals surface area contributed by atoms with Crippen LogP contribution in [0.25, 0.3) is 0 Å². The van der Waals surface area contributed by atoms with Gasteiger partial charge in [0.2, 0.25) is 5.89 Å². The van der Waals surface area contributed by atoms with Gasteiger partial charge >= 0.3 is 0 Å². The molecule has 0 fully saturated rings. The average molecular weight is 341 g/mol. The molecule has 8 heteroatoms. The molecule has 1 unspecified atom stereocenters. The number of nitrogens with zero attached hydrogens (tertiary/aromatic N) is 3. The number of aryl methyl sites for hydroxylation is 1. The Hall–Kier alpha value is -1.96. The van der Waals surface area contributed by atoms with Crippen LogP contribution in [0.4, 0.5) is 11.4 Å². The molecule has 1 aromatic heterocycles. The number of nitro benzene ring substituents is 1. The van der Waals surface area contributed by atoms with Gasteiger partial charge in [-0.15, -0.1) is 0 Å². The highest BCUT2D eigenvalue weighted by molar-refractivity contribution is 9.10. The molecule has 0 aliphatic carbocycles. The van der Waals surface area contributed by atoms with Gasteiger partial charge in [0.05, 0.1) is 11.0 Å². The average Bonchev–Trinajstić information content (AvgIpc) is 2.83. The van der Waals surface area contributed by atoms with E-state index in [4.69, 9.17) is 4.52 Å².